The number of benzene rings is 3. The van der Waals surface area contributed by atoms with Gasteiger partial charge < -0.3 is 9.47 Å². The molecule has 3 aromatic carbocycles. The molecule has 0 saturated heterocycles. The summed E-state index contributed by atoms with van der Waals surface area (Å²) in [6.45, 7) is 4.36. The molecule has 0 aromatic heterocycles. The third-order valence-corrected chi connectivity index (χ3v) is 6.96. The Morgan fingerprint density at radius 1 is 0.629 bits per heavy atom. The fourth-order valence-electron chi connectivity index (χ4n) is 4.39. The molecule has 4 nitrogen and oxygen atoms in total. The molecule has 0 amide bonds. The van der Waals surface area contributed by atoms with E-state index in [0.717, 1.165) is 64.5 Å². The smallest absolute Gasteiger partial charge is 0.311 e. The summed E-state index contributed by atoms with van der Waals surface area (Å²) in [6, 6.07) is 13.4. The number of ether oxygens (including phenoxy) is 2. The van der Waals surface area contributed by atoms with Crippen LogP contribution in [0, 0.1) is 0 Å². The number of halogens is 1. The average molecular weight is 542 g/mol. The van der Waals surface area contributed by atoms with Gasteiger partial charge in [-0.1, -0.05) is 118 Å². The minimum absolute atomic E-state index is 0.232. The van der Waals surface area contributed by atoms with Crippen LogP contribution in [0.4, 0.5) is 0 Å². The highest BCUT2D eigenvalue weighted by molar-refractivity contribution is 9.10. The third kappa shape index (κ3) is 7.54. The molecule has 0 N–H and O–H groups in total. The third-order valence-electron chi connectivity index (χ3n) is 6.30. The molecule has 0 atom stereocenters. The summed E-state index contributed by atoms with van der Waals surface area (Å²) >= 11 is 3.64. The molecular formula is C30H37BrO4. The highest BCUT2D eigenvalue weighted by Crippen LogP contribution is 2.45. The number of hydrogen-bond donors (Lipinski definition) is 0. The van der Waals surface area contributed by atoms with Gasteiger partial charge in [0.05, 0.1) is 0 Å². The van der Waals surface area contributed by atoms with Crippen LogP contribution in [0.2, 0.25) is 0 Å². The van der Waals surface area contributed by atoms with E-state index in [1.165, 1.54) is 25.7 Å². The van der Waals surface area contributed by atoms with Gasteiger partial charge in [-0.25, -0.2) is 0 Å². The standard InChI is InChI=1S/C30H37BrO4/c1-3-5-7-9-11-20-26(32)34-29-22-16-13-14-17-23(22)30(28-24(29)18-15-19-25(28)31)35-27(33)21-12-10-8-6-4-2/h13-19H,3-12,20-21H2,1-2H3. The van der Waals surface area contributed by atoms with E-state index in [2.05, 4.69) is 29.8 Å². The first-order chi connectivity index (χ1) is 17.1. The lowest BCUT2D eigenvalue weighted by molar-refractivity contribution is -0.135. The summed E-state index contributed by atoms with van der Waals surface area (Å²) in [4.78, 5) is 25.5. The Kier molecular flexibility index (Phi) is 11.1. The highest BCUT2D eigenvalue weighted by Gasteiger charge is 2.21. The predicted molar refractivity (Wildman–Crippen MR) is 147 cm³/mol. The molecule has 0 spiro atoms. The number of esters is 2. The molecule has 5 heteroatoms. The Hall–Kier alpha value is -2.40. The second-order valence-electron chi connectivity index (χ2n) is 9.14. The average Bonchev–Trinajstić information content (AvgIpc) is 2.85. The minimum atomic E-state index is -0.236. The largest absolute Gasteiger partial charge is 0.425 e. The Morgan fingerprint density at radius 3 is 1.69 bits per heavy atom. The molecule has 0 radical (unpaired) electrons. The van der Waals surface area contributed by atoms with E-state index in [4.69, 9.17) is 9.47 Å². The first kappa shape index (κ1) is 27.2. The van der Waals surface area contributed by atoms with E-state index in [-0.39, 0.29) is 11.9 Å². The molecule has 0 aliphatic rings. The van der Waals surface area contributed by atoms with E-state index in [1.54, 1.807) is 0 Å². The van der Waals surface area contributed by atoms with Crippen molar-refractivity contribution < 1.29 is 19.1 Å². The van der Waals surface area contributed by atoms with Crippen molar-refractivity contribution in [1.29, 1.82) is 0 Å². The van der Waals surface area contributed by atoms with E-state index in [1.807, 2.05) is 42.5 Å². The molecule has 35 heavy (non-hydrogen) atoms. The van der Waals surface area contributed by atoms with Crippen molar-refractivity contribution in [1.82, 2.24) is 0 Å². The van der Waals surface area contributed by atoms with Crippen LogP contribution in [0.25, 0.3) is 21.5 Å². The van der Waals surface area contributed by atoms with Crippen LogP contribution in [0.3, 0.4) is 0 Å². The van der Waals surface area contributed by atoms with Crippen LogP contribution in [-0.4, -0.2) is 11.9 Å². The van der Waals surface area contributed by atoms with Crippen LogP contribution in [0.1, 0.15) is 90.9 Å². The summed E-state index contributed by atoms with van der Waals surface area (Å²) in [6.07, 6.45) is 11.5. The maximum absolute atomic E-state index is 12.8. The first-order valence-corrected chi connectivity index (χ1v) is 13.9. The van der Waals surface area contributed by atoms with Crippen molar-refractivity contribution in [3.8, 4) is 11.5 Å². The second kappa shape index (κ2) is 14.2. The van der Waals surface area contributed by atoms with E-state index in [9.17, 15) is 9.59 Å². The van der Waals surface area contributed by atoms with Gasteiger partial charge in [-0.05, 0) is 18.9 Å². The molecule has 0 saturated carbocycles. The molecule has 0 fully saturated rings. The quantitative estimate of drug-likeness (QED) is 0.0883. The van der Waals surface area contributed by atoms with Crippen molar-refractivity contribution in [3.05, 3.63) is 46.9 Å². The minimum Gasteiger partial charge on any atom is -0.425 e. The van der Waals surface area contributed by atoms with E-state index in [0.29, 0.717) is 24.3 Å². The monoisotopic (exact) mass is 540 g/mol. The SMILES string of the molecule is CCCCCCCC(=O)Oc1c2ccccc2c(OC(=O)CCCCCCC)c2c(Br)cccc12. The van der Waals surface area contributed by atoms with Gasteiger partial charge in [0.1, 0.15) is 11.5 Å². The first-order valence-electron chi connectivity index (χ1n) is 13.1. The number of hydrogen-bond acceptors (Lipinski definition) is 4. The van der Waals surface area contributed by atoms with Gasteiger partial charge >= 0.3 is 11.9 Å². The normalized spacial score (nSPS) is 11.2. The van der Waals surface area contributed by atoms with Crippen LogP contribution in [-0.2, 0) is 9.59 Å². The molecule has 0 aliphatic carbocycles. The van der Waals surface area contributed by atoms with Gasteiger partial charge in [-0.3, -0.25) is 9.59 Å². The fourth-order valence-corrected chi connectivity index (χ4v) is 4.94. The molecule has 188 valence electrons. The molecule has 0 unspecified atom stereocenters. The zero-order chi connectivity index (χ0) is 25.0. The second-order valence-corrected chi connectivity index (χ2v) is 10.00. The Balaban J connectivity index is 1.89. The lowest BCUT2D eigenvalue weighted by Crippen LogP contribution is -2.11. The van der Waals surface area contributed by atoms with Crippen LogP contribution < -0.4 is 9.47 Å². The molecule has 0 bridgehead atoms. The maximum Gasteiger partial charge on any atom is 0.311 e. The van der Waals surface area contributed by atoms with Crippen molar-refractivity contribution in [2.24, 2.45) is 0 Å². The summed E-state index contributed by atoms with van der Waals surface area (Å²) in [5, 5.41) is 3.03. The van der Waals surface area contributed by atoms with Gasteiger partial charge in [0, 0.05) is 38.9 Å². The number of fused-ring (bicyclic) bond motifs is 2. The Bertz CT molecular complexity index is 1140. The maximum atomic E-state index is 12.8. The lowest BCUT2D eigenvalue weighted by atomic mass is 10.0. The van der Waals surface area contributed by atoms with Gasteiger partial charge in [-0.2, -0.15) is 0 Å². The van der Waals surface area contributed by atoms with E-state index < -0.39 is 0 Å². The Labute approximate surface area is 217 Å². The number of carbonyl (C=O) groups excluding carboxylic acids is 2. The number of carbonyl (C=O) groups is 2. The molecule has 0 aliphatic heterocycles. The molecule has 0 heterocycles. The van der Waals surface area contributed by atoms with Crippen molar-refractivity contribution in [3.63, 3.8) is 0 Å². The van der Waals surface area contributed by atoms with Crippen LogP contribution >= 0.6 is 15.9 Å². The van der Waals surface area contributed by atoms with Crippen molar-refractivity contribution >= 4 is 49.4 Å². The van der Waals surface area contributed by atoms with Crippen molar-refractivity contribution in [2.75, 3.05) is 0 Å². The van der Waals surface area contributed by atoms with Gasteiger partial charge in [0.25, 0.3) is 0 Å². The summed E-state index contributed by atoms with van der Waals surface area (Å²) < 4.78 is 12.7. The van der Waals surface area contributed by atoms with E-state index >= 15 is 0 Å². The summed E-state index contributed by atoms with van der Waals surface area (Å²) in [5.41, 5.74) is 0. The highest BCUT2D eigenvalue weighted by atomic mass is 79.9. The number of rotatable bonds is 14. The van der Waals surface area contributed by atoms with Crippen LogP contribution in [0.15, 0.2) is 46.9 Å². The zero-order valence-electron chi connectivity index (χ0n) is 21.0. The summed E-state index contributed by atoms with van der Waals surface area (Å²) in [5.74, 6) is 0.570. The Morgan fingerprint density at radius 2 is 1.11 bits per heavy atom. The van der Waals surface area contributed by atoms with Crippen LogP contribution in [0.5, 0.6) is 11.5 Å². The van der Waals surface area contributed by atoms with Gasteiger partial charge in [0.2, 0.25) is 0 Å². The van der Waals surface area contributed by atoms with Crippen molar-refractivity contribution in [2.45, 2.75) is 90.9 Å². The zero-order valence-corrected chi connectivity index (χ0v) is 22.6. The van der Waals surface area contributed by atoms with Gasteiger partial charge in [-0.15, -0.1) is 0 Å². The molecule has 3 aromatic rings. The fraction of sp³-hybridized carbons (Fsp3) is 0.467. The molecule has 3 rings (SSSR count). The number of unbranched alkanes of at least 4 members (excludes halogenated alkanes) is 8. The topological polar surface area (TPSA) is 52.6 Å². The molecular weight excluding hydrogens is 504 g/mol. The van der Waals surface area contributed by atoms with Gasteiger partial charge in [0.15, 0.2) is 0 Å². The lowest BCUT2D eigenvalue weighted by Gasteiger charge is -2.17. The predicted octanol–water partition coefficient (Wildman–Crippen LogP) is 9.29. The summed E-state index contributed by atoms with van der Waals surface area (Å²) in [7, 11) is 0.